The number of carbonyl (C=O) groups excluding carboxylic acids is 1. The molecule has 0 bridgehead atoms. The Kier molecular flexibility index (Phi) is 4.66. The molecule has 1 amide bonds. The Balaban J connectivity index is 1.82. The lowest BCUT2D eigenvalue weighted by Crippen LogP contribution is -2.44. The lowest BCUT2D eigenvalue weighted by molar-refractivity contribution is -0.130. The minimum atomic E-state index is -0.112. The SMILES string of the molecule is CCCC1(C(=O)NCC2CCC(C)C2)CCNC1. The first-order chi connectivity index (χ1) is 8.66. The number of rotatable bonds is 5. The molecule has 3 heteroatoms. The van der Waals surface area contributed by atoms with Crippen molar-refractivity contribution in [3.05, 3.63) is 0 Å². The Morgan fingerprint density at radius 1 is 1.44 bits per heavy atom. The highest BCUT2D eigenvalue weighted by molar-refractivity contribution is 5.83. The zero-order valence-corrected chi connectivity index (χ0v) is 11.9. The van der Waals surface area contributed by atoms with Gasteiger partial charge in [-0.25, -0.2) is 0 Å². The summed E-state index contributed by atoms with van der Waals surface area (Å²) in [5.74, 6) is 1.87. The number of nitrogens with one attached hydrogen (secondary N) is 2. The van der Waals surface area contributed by atoms with Gasteiger partial charge in [-0.05, 0) is 44.1 Å². The highest BCUT2D eigenvalue weighted by Crippen LogP contribution is 2.33. The second-order valence-electron chi connectivity index (χ2n) is 6.45. The average molecular weight is 252 g/mol. The first-order valence-electron chi connectivity index (χ1n) is 7.65. The van der Waals surface area contributed by atoms with E-state index in [0.717, 1.165) is 50.7 Å². The normalized spacial score (nSPS) is 35.9. The van der Waals surface area contributed by atoms with Crippen molar-refractivity contribution in [1.29, 1.82) is 0 Å². The second kappa shape index (κ2) is 6.05. The van der Waals surface area contributed by atoms with Crippen LogP contribution in [0.1, 0.15) is 52.4 Å². The molecule has 0 spiro atoms. The monoisotopic (exact) mass is 252 g/mol. The maximum Gasteiger partial charge on any atom is 0.227 e. The molecule has 0 aromatic rings. The van der Waals surface area contributed by atoms with Crippen LogP contribution in [0.4, 0.5) is 0 Å². The molecule has 1 aliphatic heterocycles. The Labute approximate surface area is 111 Å². The molecule has 3 nitrogen and oxygen atoms in total. The van der Waals surface area contributed by atoms with E-state index in [1.807, 2.05) is 0 Å². The molecule has 104 valence electrons. The van der Waals surface area contributed by atoms with Crippen LogP contribution in [-0.4, -0.2) is 25.5 Å². The van der Waals surface area contributed by atoms with Crippen molar-refractivity contribution in [2.24, 2.45) is 17.3 Å². The summed E-state index contributed by atoms with van der Waals surface area (Å²) in [5, 5.41) is 6.59. The van der Waals surface area contributed by atoms with Crippen LogP contribution >= 0.6 is 0 Å². The van der Waals surface area contributed by atoms with Crippen LogP contribution in [0.3, 0.4) is 0 Å². The Morgan fingerprint density at radius 3 is 2.83 bits per heavy atom. The molecular weight excluding hydrogens is 224 g/mol. The predicted octanol–water partition coefficient (Wildman–Crippen LogP) is 2.32. The van der Waals surface area contributed by atoms with Crippen LogP contribution in [0.2, 0.25) is 0 Å². The lowest BCUT2D eigenvalue weighted by Gasteiger charge is -2.27. The van der Waals surface area contributed by atoms with Gasteiger partial charge in [0.1, 0.15) is 0 Å². The lowest BCUT2D eigenvalue weighted by atomic mass is 9.81. The van der Waals surface area contributed by atoms with E-state index in [-0.39, 0.29) is 5.41 Å². The number of hydrogen-bond acceptors (Lipinski definition) is 2. The highest BCUT2D eigenvalue weighted by Gasteiger charge is 2.40. The molecule has 1 saturated heterocycles. The summed E-state index contributed by atoms with van der Waals surface area (Å²) in [6.07, 6.45) is 7.04. The third kappa shape index (κ3) is 3.05. The van der Waals surface area contributed by atoms with Crippen molar-refractivity contribution >= 4 is 5.91 Å². The van der Waals surface area contributed by atoms with E-state index in [4.69, 9.17) is 0 Å². The summed E-state index contributed by atoms with van der Waals surface area (Å²) in [6.45, 7) is 7.25. The van der Waals surface area contributed by atoms with Gasteiger partial charge in [0.05, 0.1) is 5.41 Å². The molecule has 1 saturated carbocycles. The fourth-order valence-corrected chi connectivity index (χ4v) is 3.68. The summed E-state index contributed by atoms with van der Waals surface area (Å²) in [6, 6.07) is 0. The van der Waals surface area contributed by atoms with Crippen LogP contribution in [-0.2, 0) is 4.79 Å². The van der Waals surface area contributed by atoms with E-state index < -0.39 is 0 Å². The largest absolute Gasteiger partial charge is 0.355 e. The molecule has 0 radical (unpaired) electrons. The van der Waals surface area contributed by atoms with Crippen molar-refractivity contribution in [3.63, 3.8) is 0 Å². The van der Waals surface area contributed by atoms with Crippen LogP contribution < -0.4 is 10.6 Å². The molecule has 0 aromatic carbocycles. The van der Waals surface area contributed by atoms with Gasteiger partial charge in [-0.3, -0.25) is 4.79 Å². The number of amides is 1. The van der Waals surface area contributed by atoms with Crippen molar-refractivity contribution in [2.75, 3.05) is 19.6 Å². The van der Waals surface area contributed by atoms with Gasteiger partial charge in [0, 0.05) is 13.1 Å². The van der Waals surface area contributed by atoms with E-state index >= 15 is 0 Å². The van der Waals surface area contributed by atoms with E-state index in [9.17, 15) is 4.79 Å². The first kappa shape index (κ1) is 13.9. The fourth-order valence-electron chi connectivity index (χ4n) is 3.68. The quantitative estimate of drug-likeness (QED) is 0.788. The summed E-state index contributed by atoms with van der Waals surface area (Å²) < 4.78 is 0. The maximum absolute atomic E-state index is 12.4. The Morgan fingerprint density at radius 2 is 2.28 bits per heavy atom. The van der Waals surface area contributed by atoms with E-state index in [0.29, 0.717) is 5.91 Å². The molecule has 3 unspecified atom stereocenters. The van der Waals surface area contributed by atoms with Crippen molar-refractivity contribution in [2.45, 2.75) is 52.4 Å². The van der Waals surface area contributed by atoms with Crippen LogP contribution in [0.15, 0.2) is 0 Å². The third-order valence-electron chi connectivity index (χ3n) is 4.81. The highest BCUT2D eigenvalue weighted by atomic mass is 16.2. The van der Waals surface area contributed by atoms with E-state index in [1.165, 1.54) is 19.3 Å². The van der Waals surface area contributed by atoms with E-state index in [2.05, 4.69) is 24.5 Å². The fraction of sp³-hybridized carbons (Fsp3) is 0.933. The van der Waals surface area contributed by atoms with E-state index in [1.54, 1.807) is 0 Å². The van der Waals surface area contributed by atoms with Gasteiger partial charge in [0.2, 0.25) is 5.91 Å². The third-order valence-corrected chi connectivity index (χ3v) is 4.81. The molecule has 2 aliphatic rings. The molecule has 2 rings (SSSR count). The zero-order valence-electron chi connectivity index (χ0n) is 11.9. The summed E-state index contributed by atoms with van der Waals surface area (Å²) >= 11 is 0. The predicted molar refractivity (Wildman–Crippen MR) is 74.3 cm³/mol. The van der Waals surface area contributed by atoms with Crippen LogP contribution in [0.25, 0.3) is 0 Å². The van der Waals surface area contributed by atoms with Gasteiger partial charge in [-0.2, -0.15) is 0 Å². The minimum absolute atomic E-state index is 0.112. The summed E-state index contributed by atoms with van der Waals surface area (Å²) in [5.41, 5.74) is -0.112. The molecule has 0 aromatic heterocycles. The summed E-state index contributed by atoms with van der Waals surface area (Å²) in [4.78, 5) is 12.4. The summed E-state index contributed by atoms with van der Waals surface area (Å²) in [7, 11) is 0. The molecule has 2 fully saturated rings. The van der Waals surface area contributed by atoms with Gasteiger partial charge in [-0.1, -0.05) is 26.7 Å². The van der Waals surface area contributed by atoms with Crippen LogP contribution in [0.5, 0.6) is 0 Å². The molecule has 1 heterocycles. The van der Waals surface area contributed by atoms with Gasteiger partial charge in [0.15, 0.2) is 0 Å². The van der Waals surface area contributed by atoms with Gasteiger partial charge in [-0.15, -0.1) is 0 Å². The van der Waals surface area contributed by atoms with Gasteiger partial charge in [0.25, 0.3) is 0 Å². The smallest absolute Gasteiger partial charge is 0.227 e. The Bertz CT molecular complexity index is 284. The van der Waals surface area contributed by atoms with Crippen molar-refractivity contribution in [3.8, 4) is 0 Å². The standard InChI is InChI=1S/C15H28N2O/c1-3-6-15(7-8-16-11-15)14(18)17-10-13-5-4-12(2)9-13/h12-13,16H,3-11H2,1-2H3,(H,17,18). The van der Waals surface area contributed by atoms with Gasteiger partial charge >= 0.3 is 0 Å². The first-order valence-corrected chi connectivity index (χ1v) is 7.65. The zero-order chi connectivity index (χ0) is 13.0. The average Bonchev–Trinajstić information content (AvgIpc) is 2.97. The number of carbonyl (C=O) groups is 1. The molecule has 3 atom stereocenters. The second-order valence-corrected chi connectivity index (χ2v) is 6.45. The topological polar surface area (TPSA) is 41.1 Å². The van der Waals surface area contributed by atoms with Gasteiger partial charge < -0.3 is 10.6 Å². The molecular formula is C15H28N2O. The number of hydrogen-bond donors (Lipinski definition) is 2. The van der Waals surface area contributed by atoms with Crippen LogP contribution in [0, 0.1) is 17.3 Å². The molecule has 18 heavy (non-hydrogen) atoms. The molecule has 2 N–H and O–H groups in total. The van der Waals surface area contributed by atoms with Crippen molar-refractivity contribution in [1.82, 2.24) is 10.6 Å². The van der Waals surface area contributed by atoms with Crippen molar-refractivity contribution < 1.29 is 4.79 Å². The Hall–Kier alpha value is -0.570. The maximum atomic E-state index is 12.4. The molecule has 1 aliphatic carbocycles. The minimum Gasteiger partial charge on any atom is -0.355 e.